The van der Waals surface area contributed by atoms with Gasteiger partial charge in [-0.2, -0.15) is 5.26 Å². The van der Waals surface area contributed by atoms with Crippen LogP contribution in [-0.4, -0.2) is 12.1 Å². The smallest absolute Gasteiger partial charge is 0.105 e. The zero-order valence-electron chi connectivity index (χ0n) is 7.77. The Labute approximate surface area is 79.1 Å². The molecule has 0 aromatic heterocycles. The first-order valence-corrected chi connectivity index (χ1v) is 4.52. The van der Waals surface area contributed by atoms with Crippen LogP contribution in [0.4, 0.5) is 0 Å². The molecule has 0 bridgehead atoms. The molecule has 0 aliphatic heterocycles. The van der Waals surface area contributed by atoms with Crippen LogP contribution in [-0.2, 0) is 0 Å². The molecule has 70 valence electrons. The lowest BCUT2D eigenvalue weighted by Gasteiger charge is -1.96. The van der Waals surface area contributed by atoms with Gasteiger partial charge < -0.3 is 5.41 Å². The van der Waals surface area contributed by atoms with Gasteiger partial charge in [0.2, 0.25) is 0 Å². The van der Waals surface area contributed by atoms with Crippen molar-refractivity contribution in [3.05, 3.63) is 5.57 Å². The maximum Gasteiger partial charge on any atom is 0.105 e. The zero-order valence-corrected chi connectivity index (χ0v) is 7.77. The topological polar surface area (TPSA) is 71.5 Å². The van der Waals surface area contributed by atoms with Crippen LogP contribution < -0.4 is 0 Å². The Morgan fingerprint density at radius 2 is 1.92 bits per heavy atom. The molecule has 0 radical (unpaired) electrons. The first-order chi connectivity index (χ1) is 6.35. The summed E-state index contributed by atoms with van der Waals surface area (Å²) in [5.41, 5.74) is 0.437. The SMILES string of the molecule is N#CC(=C=N)CCCCCCC=N. The Morgan fingerprint density at radius 1 is 1.23 bits per heavy atom. The Hall–Kier alpha value is -1.39. The van der Waals surface area contributed by atoms with Crippen molar-refractivity contribution in [2.45, 2.75) is 38.5 Å². The summed E-state index contributed by atoms with van der Waals surface area (Å²) < 4.78 is 0. The van der Waals surface area contributed by atoms with Crippen LogP contribution in [0.5, 0.6) is 0 Å². The fourth-order valence-electron chi connectivity index (χ4n) is 1.05. The lowest BCUT2D eigenvalue weighted by molar-refractivity contribution is 0.657. The van der Waals surface area contributed by atoms with Crippen molar-refractivity contribution in [2.75, 3.05) is 0 Å². The maximum absolute atomic E-state index is 8.47. The average molecular weight is 177 g/mol. The number of nitrogens with one attached hydrogen (secondary N) is 2. The van der Waals surface area contributed by atoms with Crippen molar-refractivity contribution in [3.8, 4) is 6.07 Å². The molecule has 0 spiro atoms. The van der Waals surface area contributed by atoms with Crippen molar-refractivity contribution >= 4 is 12.1 Å². The highest BCUT2D eigenvalue weighted by molar-refractivity contribution is 5.60. The van der Waals surface area contributed by atoms with Crippen molar-refractivity contribution in [1.82, 2.24) is 0 Å². The second kappa shape index (κ2) is 8.70. The third kappa shape index (κ3) is 6.99. The van der Waals surface area contributed by atoms with E-state index in [2.05, 4.69) is 5.87 Å². The molecule has 0 saturated heterocycles. The Bertz CT molecular complexity index is 231. The summed E-state index contributed by atoms with van der Waals surface area (Å²) in [4.78, 5) is 0. The molecule has 0 heterocycles. The number of nitrogens with zero attached hydrogens (tertiary/aromatic N) is 1. The van der Waals surface area contributed by atoms with E-state index < -0.39 is 0 Å². The lowest BCUT2D eigenvalue weighted by Crippen LogP contribution is -1.83. The highest BCUT2D eigenvalue weighted by atomic mass is 14.3. The maximum atomic E-state index is 8.47. The second-order valence-electron chi connectivity index (χ2n) is 2.87. The number of unbranched alkanes of at least 4 members (excludes halogenated alkanes) is 4. The Morgan fingerprint density at radius 3 is 2.46 bits per heavy atom. The van der Waals surface area contributed by atoms with Crippen molar-refractivity contribution in [1.29, 1.82) is 16.1 Å². The van der Waals surface area contributed by atoms with Gasteiger partial charge in [0.15, 0.2) is 0 Å². The largest absolute Gasteiger partial charge is 0.313 e. The van der Waals surface area contributed by atoms with Crippen molar-refractivity contribution < 1.29 is 0 Å². The van der Waals surface area contributed by atoms with Crippen LogP contribution >= 0.6 is 0 Å². The van der Waals surface area contributed by atoms with Crippen LogP contribution in [0.3, 0.4) is 0 Å². The first kappa shape index (κ1) is 11.6. The summed E-state index contributed by atoms with van der Waals surface area (Å²) in [7, 11) is 0. The van der Waals surface area contributed by atoms with Gasteiger partial charge in [0, 0.05) is 0 Å². The number of nitriles is 1. The van der Waals surface area contributed by atoms with Gasteiger partial charge in [0.1, 0.15) is 6.07 Å². The fraction of sp³-hybridized carbons (Fsp3) is 0.600. The van der Waals surface area contributed by atoms with E-state index in [1.165, 1.54) is 6.21 Å². The van der Waals surface area contributed by atoms with Gasteiger partial charge in [-0.3, -0.25) is 5.41 Å². The molecule has 0 atom stereocenters. The van der Waals surface area contributed by atoms with Crippen molar-refractivity contribution in [2.24, 2.45) is 0 Å². The molecule has 0 unspecified atom stereocenters. The lowest BCUT2D eigenvalue weighted by atomic mass is 10.1. The van der Waals surface area contributed by atoms with Crippen LogP contribution in [0.25, 0.3) is 0 Å². The van der Waals surface area contributed by atoms with E-state index in [4.69, 9.17) is 16.1 Å². The molecule has 3 heteroatoms. The van der Waals surface area contributed by atoms with Gasteiger partial charge in [-0.15, -0.1) is 0 Å². The molecule has 13 heavy (non-hydrogen) atoms. The summed E-state index contributed by atoms with van der Waals surface area (Å²) >= 11 is 0. The van der Waals surface area contributed by atoms with Crippen LogP contribution in [0, 0.1) is 22.1 Å². The van der Waals surface area contributed by atoms with Crippen LogP contribution in [0.2, 0.25) is 0 Å². The minimum Gasteiger partial charge on any atom is -0.313 e. The summed E-state index contributed by atoms with van der Waals surface area (Å²) in [6.07, 6.45) is 7.13. The second-order valence-corrected chi connectivity index (χ2v) is 2.87. The zero-order chi connectivity index (χ0) is 9.94. The molecular weight excluding hydrogens is 162 g/mol. The van der Waals surface area contributed by atoms with Crippen molar-refractivity contribution in [3.63, 3.8) is 0 Å². The summed E-state index contributed by atoms with van der Waals surface area (Å²) in [6, 6.07) is 1.94. The first-order valence-electron chi connectivity index (χ1n) is 4.52. The third-order valence-electron chi connectivity index (χ3n) is 1.81. The highest BCUT2D eigenvalue weighted by Crippen LogP contribution is 2.07. The van der Waals surface area contributed by atoms with E-state index in [1.54, 1.807) is 0 Å². The Balaban J connectivity index is 3.31. The minimum atomic E-state index is 0.437. The average Bonchev–Trinajstić information content (AvgIpc) is 2.17. The molecule has 0 aliphatic carbocycles. The standard InChI is InChI=1S/C10H15N3/c11-7-5-3-1-2-4-6-10(8-12)9-13/h7,11-12H,1-6H2. The molecule has 0 rings (SSSR count). The number of hydrogen-bond donors (Lipinski definition) is 2. The van der Waals surface area contributed by atoms with E-state index >= 15 is 0 Å². The fourth-order valence-corrected chi connectivity index (χ4v) is 1.05. The quantitative estimate of drug-likeness (QED) is 0.350. The third-order valence-corrected chi connectivity index (χ3v) is 1.81. The van der Waals surface area contributed by atoms with Gasteiger partial charge in [-0.1, -0.05) is 12.8 Å². The monoisotopic (exact) mass is 177 g/mol. The van der Waals surface area contributed by atoms with Gasteiger partial charge in [0.25, 0.3) is 0 Å². The summed E-state index contributed by atoms with van der Waals surface area (Å²) in [6.45, 7) is 0. The van der Waals surface area contributed by atoms with E-state index in [0.717, 1.165) is 32.1 Å². The predicted molar refractivity (Wildman–Crippen MR) is 53.3 cm³/mol. The van der Waals surface area contributed by atoms with E-state index in [1.807, 2.05) is 6.07 Å². The number of allylic oxidation sites excluding steroid dienone is 1. The number of rotatable bonds is 7. The molecule has 3 nitrogen and oxygen atoms in total. The molecular formula is C10H15N3. The predicted octanol–water partition coefficient (Wildman–Crippen LogP) is 2.68. The molecule has 0 saturated carbocycles. The van der Waals surface area contributed by atoms with Gasteiger partial charge in [-0.05, 0) is 37.8 Å². The summed E-state index contributed by atoms with van der Waals surface area (Å²) in [5.74, 6) is 2.12. The van der Waals surface area contributed by atoms with E-state index in [0.29, 0.717) is 12.0 Å². The van der Waals surface area contributed by atoms with E-state index in [9.17, 15) is 0 Å². The van der Waals surface area contributed by atoms with E-state index in [-0.39, 0.29) is 0 Å². The van der Waals surface area contributed by atoms with Gasteiger partial charge >= 0.3 is 0 Å². The normalized spacial score (nSPS) is 8.54. The molecule has 0 aliphatic rings. The van der Waals surface area contributed by atoms with Crippen LogP contribution in [0.15, 0.2) is 5.57 Å². The van der Waals surface area contributed by atoms with Crippen LogP contribution in [0.1, 0.15) is 38.5 Å². The molecule has 0 aromatic carbocycles. The Kier molecular flexibility index (Phi) is 7.77. The highest BCUT2D eigenvalue weighted by Gasteiger charge is 1.94. The van der Waals surface area contributed by atoms with Gasteiger partial charge in [-0.25, -0.2) is 0 Å². The molecule has 0 fully saturated rings. The minimum absolute atomic E-state index is 0.437. The number of hydrogen-bond acceptors (Lipinski definition) is 3. The summed E-state index contributed by atoms with van der Waals surface area (Å²) in [5, 5.41) is 22.0. The molecule has 0 amide bonds. The van der Waals surface area contributed by atoms with Gasteiger partial charge in [0.05, 0.1) is 5.57 Å². The molecule has 2 N–H and O–H groups in total. The molecule has 0 aromatic rings.